The Morgan fingerprint density at radius 1 is 1.19 bits per heavy atom. The van der Waals surface area contributed by atoms with E-state index in [4.69, 9.17) is 9.26 Å². The molecule has 3 aromatic heterocycles. The minimum absolute atomic E-state index is 0.0626. The second-order valence-corrected chi connectivity index (χ2v) is 11.6. The van der Waals surface area contributed by atoms with Crippen LogP contribution in [0.3, 0.4) is 0 Å². The molecule has 0 amide bonds. The average Bonchev–Trinajstić information content (AvgIpc) is 3.69. The van der Waals surface area contributed by atoms with Gasteiger partial charge in [-0.25, -0.2) is 9.78 Å². The molecule has 42 heavy (non-hydrogen) atoms. The quantitative estimate of drug-likeness (QED) is 0.256. The maximum atomic E-state index is 13.7. The fourth-order valence-electron chi connectivity index (χ4n) is 6.42. The molecule has 7 rings (SSSR count). The molecule has 11 heteroatoms. The SMILES string of the molecule is COc1cc(C(=O)O)nc2ccc(N3CC4(CC(/C=C/c5c(-c6cnccc6C(F)(F)F)noc5C5CC5)C4)C3)cc12. The molecule has 8 nitrogen and oxygen atoms in total. The molecule has 0 bridgehead atoms. The lowest BCUT2D eigenvalue weighted by Crippen LogP contribution is -2.62. The van der Waals surface area contributed by atoms with Gasteiger partial charge < -0.3 is 19.3 Å². The predicted molar refractivity (Wildman–Crippen MR) is 148 cm³/mol. The molecule has 3 fully saturated rings. The number of methoxy groups -OCH3 is 1. The number of rotatable bonds is 7. The van der Waals surface area contributed by atoms with Gasteiger partial charge in [0.25, 0.3) is 0 Å². The minimum atomic E-state index is -4.53. The van der Waals surface area contributed by atoms with Gasteiger partial charge in [0.15, 0.2) is 5.69 Å². The number of alkyl halides is 3. The number of hydrogen-bond donors (Lipinski definition) is 1. The van der Waals surface area contributed by atoms with E-state index in [0.717, 1.165) is 62.1 Å². The molecule has 1 aromatic carbocycles. The second kappa shape index (κ2) is 9.57. The molecule has 0 unspecified atom stereocenters. The molecule has 4 heterocycles. The van der Waals surface area contributed by atoms with E-state index in [0.29, 0.717) is 28.5 Å². The number of anilines is 1. The highest BCUT2D eigenvalue weighted by Crippen LogP contribution is 2.54. The van der Waals surface area contributed by atoms with E-state index in [2.05, 4.69) is 26.1 Å². The highest BCUT2D eigenvalue weighted by atomic mass is 19.4. The van der Waals surface area contributed by atoms with E-state index < -0.39 is 17.7 Å². The van der Waals surface area contributed by atoms with Crippen LogP contribution in [-0.4, -0.2) is 46.4 Å². The Bertz CT molecular complexity index is 1730. The zero-order valence-electron chi connectivity index (χ0n) is 22.7. The van der Waals surface area contributed by atoms with Crippen molar-refractivity contribution in [3.63, 3.8) is 0 Å². The molecule has 1 saturated heterocycles. The lowest BCUT2D eigenvalue weighted by molar-refractivity contribution is -0.137. The van der Waals surface area contributed by atoms with Crippen molar-refractivity contribution in [1.82, 2.24) is 15.1 Å². The van der Waals surface area contributed by atoms with Crippen LogP contribution in [0.15, 0.2) is 53.3 Å². The first-order chi connectivity index (χ1) is 20.1. The first kappa shape index (κ1) is 26.5. The first-order valence-electron chi connectivity index (χ1n) is 13.8. The second-order valence-electron chi connectivity index (χ2n) is 11.6. The Kier molecular flexibility index (Phi) is 6.04. The third kappa shape index (κ3) is 4.56. The molecule has 1 N–H and O–H groups in total. The predicted octanol–water partition coefficient (Wildman–Crippen LogP) is 6.82. The summed E-state index contributed by atoms with van der Waals surface area (Å²) in [5.74, 6) is 0.517. The van der Waals surface area contributed by atoms with Crippen LogP contribution in [0.5, 0.6) is 5.75 Å². The summed E-state index contributed by atoms with van der Waals surface area (Å²) in [5.41, 5.74) is 1.69. The number of nitrogens with zero attached hydrogens (tertiary/aromatic N) is 4. The molecule has 4 aromatic rings. The summed E-state index contributed by atoms with van der Waals surface area (Å²) in [6.45, 7) is 1.78. The van der Waals surface area contributed by atoms with E-state index in [-0.39, 0.29) is 28.3 Å². The van der Waals surface area contributed by atoms with Gasteiger partial charge in [-0.3, -0.25) is 4.98 Å². The van der Waals surface area contributed by atoms with Crippen LogP contribution in [0.25, 0.3) is 28.2 Å². The van der Waals surface area contributed by atoms with E-state index in [1.54, 1.807) is 0 Å². The maximum absolute atomic E-state index is 13.7. The lowest BCUT2D eigenvalue weighted by Gasteiger charge is -2.59. The molecule has 3 aliphatic rings. The van der Waals surface area contributed by atoms with Gasteiger partial charge in [0.1, 0.15) is 17.2 Å². The molecule has 1 aliphatic heterocycles. The Labute approximate surface area is 238 Å². The van der Waals surface area contributed by atoms with Crippen LogP contribution in [-0.2, 0) is 6.18 Å². The molecule has 0 atom stereocenters. The van der Waals surface area contributed by atoms with Gasteiger partial charge in [-0.2, -0.15) is 13.2 Å². The number of ether oxygens (including phenoxy) is 1. The Morgan fingerprint density at radius 3 is 2.67 bits per heavy atom. The number of allylic oxidation sites excluding steroid dienone is 1. The van der Waals surface area contributed by atoms with Gasteiger partial charge in [0, 0.05) is 65.1 Å². The summed E-state index contributed by atoms with van der Waals surface area (Å²) in [4.78, 5) is 21.8. The molecular weight excluding hydrogens is 549 g/mol. The first-order valence-corrected chi connectivity index (χ1v) is 13.8. The largest absolute Gasteiger partial charge is 0.496 e. The number of aromatic nitrogens is 3. The van der Waals surface area contributed by atoms with Gasteiger partial charge in [0.05, 0.1) is 18.2 Å². The standard InChI is InChI=1S/C31H27F3N4O4/c1-41-26-11-25(29(39)40)36-24-7-5-19(10-21(24)26)38-15-30(16-38)12-17(13-30)2-6-20-27(37-42-28(20)18-3-4-18)22-14-35-9-8-23(22)31(32,33)34/h2,5-11,14,17-18H,3-4,12-13,15-16H2,1H3,(H,39,40)/b6-2+. The summed E-state index contributed by atoms with van der Waals surface area (Å²) in [6.07, 6.45) is 5.66. The molecule has 2 aliphatic carbocycles. The normalized spacial score (nSPS) is 18.4. The van der Waals surface area contributed by atoms with Crippen molar-refractivity contribution in [3.8, 4) is 17.0 Å². The van der Waals surface area contributed by atoms with E-state index in [9.17, 15) is 23.1 Å². The summed E-state index contributed by atoms with van der Waals surface area (Å²) >= 11 is 0. The number of hydrogen-bond acceptors (Lipinski definition) is 7. The van der Waals surface area contributed by atoms with Gasteiger partial charge >= 0.3 is 12.1 Å². The lowest BCUT2D eigenvalue weighted by atomic mass is 9.57. The van der Waals surface area contributed by atoms with Crippen molar-refractivity contribution in [2.45, 2.75) is 37.8 Å². The molecular formula is C31H27F3N4O4. The van der Waals surface area contributed by atoms with Crippen LogP contribution in [0.1, 0.15) is 59.0 Å². The van der Waals surface area contributed by atoms with Crippen LogP contribution >= 0.6 is 0 Å². The van der Waals surface area contributed by atoms with Gasteiger partial charge in [-0.15, -0.1) is 0 Å². The van der Waals surface area contributed by atoms with Crippen LogP contribution in [0.2, 0.25) is 0 Å². The number of pyridine rings is 2. The van der Waals surface area contributed by atoms with Crippen molar-refractivity contribution in [3.05, 3.63) is 71.4 Å². The number of carboxylic acids is 1. The number of carboxylic acid groups (broad SMARTS) is 1. The van der Waals surface area contributed by atoms with Crippen molar-refractivity contribution in [2.75, 3.05) is 25.1 Å². The zero-order valence-corrected chi connectivity index (χ0v) is 22.7. The number of fused-ring (bicyclic) bond motifs is 1. The highest BCUT2D eigenvalue weighted by Gasteiger charge is 2.51. The van der Waals surface area contributed by atoms with Gasteiger partial charge in [-0.05, 0) is 55.9 Å². The third-order valence-electron chi connectivity index (χ3n) is 8.62. The minimum Gasteiger partial charge on any atom is -0.496 e. The smallest absolute Gasteiger partial charge is 0.417 e. The van der Waals surface area contributed by atoms with Crippen LogP contribution in [0.4, 0.5) is 18.9 Å². The number of benzene rings is 1. The third-order valence-corrected chi connectivity index (χ3v) is 8.62. The molecule has 216 valence electrons. The zero-order chi connectivity index (χ0) is 29.2. The number of carbonyl (C=O) groups is 1. The van der Waals surface area contributed by atoms with Gasteiger partial charge in [-0.1, -0.05) is 17.3 Å². The Balaban J connectivity index is 1.06. The number of aromatic carboxylic acids is 1. The van der Waals surface area contributed by atoms with Crippen molar-refractivity contribution < 1.29 is 32.3 Å². The van der Waals surface area contributed by atoms with Crippen LogP contribution in [0, 0.1) is 11.3 Å². The average molecular weight is 577 g/mol. The fraction of sp³-hybridized carbons (Fsp3) is 0.355. The topological polar surface area (TPSA) is 102 Å². The van der Waals surface area contributed by atoms with Gasteiger partial charge in [0.2, 0.25) is 0 Å². The molecule has 1 spiro atoms. The maximum Gasteiger partial charge on any atom is 0.417 e. The van der Waals surface area contributed by atoms with Crippen LogP contribution < -0.4 is 9.64 Å². The van der Waals surface area contributed by atoms with E-state index in [1.165, 1.54) is 19.4 Å². The Morgan fingerprint density at radius 2 is 1.98 bits per heavy atom. The van der Waals surface area contributed by atoms with Crippen molar-refractivity contribution in [2.24, 2.45) is 11.3 Å². The Hall–Kier alpha value is -4.41. The van der Waals surface area contributed by atoms with Crippen molar-refractivity contribution in [1.29, 1.82) is 0 Å². The summed E-state index contributed by atoms with van der Waals surface area (Å²) in [7, 11) is 1.51. The monoisotopic (exact) mass is 576 g/mol. The summed E-state index contributed by atoms with van der Waals surface area (Å²) in [5, 5.41) is 14.2. The van der Waals surface area contributed by atoms with Crippen molar-refractivity contribution >= 4 is 28.6 Å². The highest BCUT2D eigenvalue weighted by molar-refractivity contribution is 5.94. The molecule has 2 saturated carbocycles. The number of halogens is 3. The van der Waals surface area contributed by atoms with E-state index >= 15 is 0 Å². The fourth-order valence-corrected chi connectivity index (χ4v) is 6.42. The summed E-state index contributed by atoms with van der Waals surface area (Å²) < 4.78 is 52.2. The molecule has 0 radical (unpaired) electrons. The summed E-state index contributed by atoms with van der Waals surface area (Å²) in [6, 6.07) is 8.15. The van der Waals surface area contributed by atoms with E-state index in [1.807, 2.05) is 24.3 Å².